The molecular formula is C31H42N2O6. The zero-order chi connectivity index (χ0) is 28.4. The van der Waals surface area contributed by atoms with E-state index in [2.05, 4.69) is 13.2 Å². The molecular weight excluding hydrogens is 496 g/mol. The maximum atomic E-state index is 14.7. The van der Waals surface area contributed by atoms with E-state index < -0.39 is 35.0 Å². The Morgan fingerprint density at radius 2 is 1.92 bits per heavy atom. The lowest BCUT2D eigenvalue weighted by atomic mass is 9.65. The summed E-state index contributed by atoms with van der Waals surface area (Å²) in [7, 11) is 0. The summed E-state index contributed by atoms with van der Waals surface area (Å²) < 4.78 is 12.4. The molecule has 5 atom stereocenters. The number of benzene rings is 1. The molecule has 212 valence electrons. The summed E-state index contributed by atoms with van der Waals surface area (Å²) in [5.74, 6) is -2.50. The van der Waals surface area contributed by atoms with Crippen LogP contribution in [0, 0.1) is 25.7 Å². The van der Waals surface area contributed by atoms with Crippen molar-refractivity contribution in [3.05, 3.63) is 54.6 Å². The number of anilines is 1. The zero-order valence-electron chi connectivity index (χ0n) is 23.5. The number of ether oxygens (including phenoxy) is 2. The number of carbonyl (C=O) groups is 3. The molecule has 1 aromatic rings. The van der Waals surface area contributed by atoms with Crippen LogP contribution in [0.3, 0.4) is 0 Å². The number of carbonyl (C=O) groups excluding carboxylic acids is 3. The number of likely N-dealkylation sites (tertiary alicyclic amines) is 1. The molecule has 1 N–H and O–H groups in total. The summed E-state index contributed by atoms with van der Waals surface area (Å²) in [5.41, 5.74) is 0.717. The number of unbranched alkanes of at least 4 members (excludes halogenated alkanes) is 1. The molecule has 8 heteroatoms. The fourth-order valence-corrected chi connectivity index (χ4v) is 7.12. The molecule has 2 bridgehead atoms. The van der Waals surface area contributed by atoms with Crippen molar-refractivity contribution in [2.75, 3.05) is 31.2 Å². The monoisotopic (exact) mass is 538 g/mol. The first kappa shape index (κ1) is 29.0. The van der Waals surface area contributed by atoms with Crippen molar-refractivity contribution in [2.24, 2.45) is 11.8 Å². The van der Waals surface area contributed by atoms with Crippen LogP contribution < -0.4 is 4.90 Å². The molecule has 0 aliphatic carbocycles. The number of nitrogens with zero attached hydrogens (tertiary/aromatic N) is 2. The van der Waals surface area contributed by atoms with Crippen LogP contribution in [-0.2, 0) is 23.9 Å². The molecule has 3 saturated heterocycles. The second-order valence-corrected chi connectivity index (χ2v) is 11.0. The van der Waals surface area contributed by atoms with Crippen molar-refractivity contribution in [1.29, 1.82) is 0 Å². The standard InChI is InChI=1S/C31H42N2O6/c1-6-9-20-38-29(37)24-23-27(35)33(18-10-11-19-34)26(31(23)16-15-30(24,8-3)39-31)28(36)32(17-7-2)25-21(4)13-12-14-22(25)5/h6-7,12-14,23-24,26,34H,1-2,8-11,15-20H2,3-5H3/t23-,24+,26?,30-,31?/m0/s1. The Hall–Kier alpha value is -2.97. The van der Waals surface area contributed by atoms with Crippen LogP contribution in [0.15, 0.2) is 43.5 Å². The van der Waals surface area contributed by atoms with E-state index in [9.17, 15) is 19.5 Å². The van der Waals surface area contributed by atoms with Crippen LogP contribution in [0.5, 0.6) is 0 Å². The average Bonchev–Trinajstić information content (AvgIpc) is 3.51. The highest BCUT2D eigenvalue weighted by Gasteiger charge is 2.79. The predicted octanol–water partition coefficient (Wildman–Crippen LogP) is 3.87. The van der Waals surface area contributed by atoms with Crippen molar-refractivity contribution in [1.82, 2.24) is 4.90 Å². The van der Waals surface area contributed by atoms with E-state index in [0.29, 0.717) is 45.1 Å². The number of hydrogen-bond donors (Lipinski definition) is 1. The van der Waals surface area contributed by atoms with Crippen molar-refractivity contribution in [2.45, 2.75) is 76.5 Å². The fraction of sp³-hybridized carbons (Fsp3) is 0.581. The number of rotatable bonds is 13. The van der Waals surface area contributed by atoms with E-state index in [1.165, 1.54) is 0 Å². The maximum absolute atomic E-state index is 14.7. The number of hydrogen-bond acceptors (Lipinski definition) is 6. The molecule has 3 fully saturated rings. The van der Waals surface area contributed by atoms with Crippen molar-refractivity contribution in [3.8, 4) is 0 Å². The van der Waals surface area contributed by atoms with Gasteiger partial charge in [0.25, 0.3) is 5.91 Å². The number of fused-ring (bicyclic) bond motifs is 1. The first-order valence-corrected chi connectivity index (χ1v) is 14.1. The van der Waals surface area contributed by atoms with E-state index in [-0.39, 0.29) is 31.6 Å². The molecule has 4 rings (SSSR count). The van der Waals surface area contributed by atoms with Gasteiger partial charge in [-0.1, -0.05) is 37.3 Å². The molecule has 2 amide bonds. The fourth-order valence-electron chi connectivity index (χ4n) is 7.12. The van der Waals surface area contributed by atoms with E-state index in [0.717, 1.165) is 16.8 Å². The van der Waals surface area contributed by atoms with Crippen LogP contribution in [0.25, 0.3) is 0 Å². The van der Waals surface area contributed by atoms with Gasteiger partial charge in [0, 0.05) is 25.4 Å². The largest absolute Gasteiger partial charge is 0.465 e. The highest BCUT2D eigenvalue weighted by atomic mass is 16.6. The molecule has 0 aromatic heterocycles. The van der Waals surface area contributed by atoms with Gasteiger partial charge < -0.3 is 24.4 Å². The van der Waals surface area contributed by atoms with Gasteiger partial charge in [0.15, 0.2) is 0 Å². The minimum absolute atomic E-state index is 0.00604. The first-order valence-electron chi connectivity index (χ1n) is 14.1. The molecule has 8 nitrogen and oxygen atoms in total. The summed E-state index contributed by atoms with van der Waals surface area (Å²) in [5, 5.41) is 9.41. The van der Waals surface area contributed by atoms with Gasteiger partial charge in [0.05, 0.1) is 18.1 Å². The van der Waals surface area contributed by atoms with Gasteiger partial charge in [-0.3, -0.25) is 14.4 Å². The minimum Gasteiger partial charge on any atom is -0.465 e. The molecule has 0 saturated carbocycles. The predicted molar refractivity (Wildman–Crippen MR) is 149 cm³/mol. The highest BCUT2D eigenvalue weighted by Crippen LogP contribution is 2.64. The molecule has 1 spiro atoms. The van der Waals surface area contributed by atoms with Gasteiger partial charge in [-0.05, 0) is 63.5 Å². The lowest BCUT2D eigenvalue weighted by molar-refractivity contribution is -0.160. The summed E-state index contributed by atoms with van der Waals surface area (Å²) in [6, 6.07) is 4.98. The van der Waals surface area contributed by atoms with Crippen LogP contribution in [0.2, 0.25) is 0 Å². The molecule has 3 aliphatic rings. The van der Waals surface area contributed by atoms with Gasteiger partial charge in [-0.15, -0.1) is 13.2 Å². The third-order valence-electron chi connectivity index (χ3n) is 8.83. The Morgan fingerprint density at radius 1 is 1.21 bits per heavy atom. The Balaban J connectivity index is 1.80. The van der Waals surface area contributed by atoms with Crippen molar-refractivity contribution in [3.63, 3.8) is 0 Å². The minimum atomic E-state index is -1.12. The topological polar surface area (TPSA) is 96.4 Å². The average molecular weight is 539 g/mol. The number of aryl methyl sites for hydroxylation is 2. The number of aliphatic hydroxyl groups is 1. The Labute approximate surface area is 231 Å². The molecule has 39 heavy (non-hydrogen) atoms. The Bertz CT molecular complexity index is 1110. The van der Waals surface area contributed by atoms with Gasteiger partial charge >= 0.3 is 5.97 Å². The number of amides is 2. The normalized spacial score (nSPS) is 28.9. The van der Waals surface area contributed by atoms with Crippen molar-refractivity contribution >= 4 is 23.5 Å². The summed E-state index contributed by atoms with van der Waals surface area (Å²) in [6.07, 6.45) is 6.55. The number of para-hydroxylation sites is 1. The molecule has 2 unspecified atom stereocenters. The quantitative estimate of drug-likeness (QED) is 0.233. The summed E-state index contributed by atoms with van der Waals surface area (Å²) in [4.78, 5) is 45.7. The number of aliphatic hydroxyl groups excluding tert-OH is 1. The van der Waals surface area contributed by atoms with E-state index in [1.54, 1.807) is 22.0 Å². The molecule has 3 aliphatic heterocycles. The van der Waals surface area contributed by atoms with E-state index in [4.69, 9.17) is 9.47 Å². The maximum Gasteiger partial charge on any atom is 0.312 e. The lowest BCUT2D eigenvalue weighted by Gasteiger charge is -2.37. The van der Waals surface area contributed by atoms with Crippen LogP contribution in [0.1, 0.15) is 56.6 Å². The van der Waals surface area contributed by atoms with Crippen LogP contribution >= 0.6 is 0 Å². The van der Waals surface area contributed by atoms with Gasteiger partial charge in [0.1, 0.15) is 17.6 Å². The van der Waals surface area contributed by atoms with Crippen molar-refractivity contribution < 1.29 is 29.0 Å². The highest BCUT2D eigenvalue weighted by molar-refractivity contribution is 6.05. The van der Waals surface area contributed by atoms with Crippen LogP contribution in [0.4, 0.5) is 5.69 Å². The number of esters is 1. The summed E-state index contributed by atoms with van der Waals surface area (Å²) in [6.45, 7) is 14.2. The van der Waals surface area contributed by atoms with E-state index >= 15 is 0 Å². The zero-order valence-corrected chi connectivity index (χ0v) is 23.5. The third kappa shape index (κ3) is 4.72. The van der Waals surface area contributed by atoms with E-state index in [1.807, 2.05) is 39.0 Å². The second-order valence-electron chi connectivity index (χ2n) is 11.0. The molecule has 0 radical (unpaired) electrons. The van der Waals surface area contributed by atoms with Crippen LogP contribution in [-0.4, -0.2) is 71.3 Å². The first-order chi connectivity index (χ1) is 18.7. The summed E-state index contributed by atoms with van der Waals surface area (Å²) >= 11 is 0. The SMILES string of the molecule is C=CCCOC(=O)[C@H]1[C@H]2C(=O)N(CCCCO)C(C(=O)N(CC=C)c3c(C)cccc3C)C23CC[C@]1(CC)O3. The molecule has 3 heterocycles. The third-order valence-corrected chi connectivity index (χ3v) is 8.83. The molecule has 1 aromatic carbocycles. The Morgan fingerprint density at radius 3 is 2.54 bits per heavy atom. The van der Waals surface area contributed by atoms with Gasteiger partial charge in [-0.2, -0.15) is 0 Å². The smallest absolute Gasteiger partial charge is 0.312 e. The van der Waals surface area contributed by atoms with Gasteiger partial charge in [0.2, 0.25) is 5.91 Å². The lowest BCUT2D eigenvalue weighted by Crippen LogP contribution is -2.56. The van der Waals surface area contributed by atoms with Gasteiger partial charge in [-0.25, -0.2) is 0 Å². The second kappa shape index (κ2) is 11.6. The Kier molecular flexibility index (Phi) is 8.66.